The van der Waals surface area contributed by atoms with Crippen LogP contribution in [-0.2, 0) is 0 Å². The zero-order valence-electron chi connectivity index (χ0n) is 12.5. The molecule has 19 heavy (non-hydrogen) atoms. The first-order chi connectivity index (χ1) is 9.04. The first-order valence-electron chi connectivity index (χ1n) is 7.12. The van der Waals surface area contributed by atoms with E-state index in [2.05, 4.69) is 37.4 Å². The smallest absolute Gasteiger partial charge is 0.122 e. The van der Waals surface area contributed by atoms with Gasteiger partial charge in [0.15, 0.2) is 0 Å². The summed E-state index contributed by atoms with van der Waals surface area (Å²) in [6, 6.07) is 6.51. The van der Waals surface area contributed by atoms with Gasteiger partial charge in [-0.25, -0.2) is 0 Å². The van der Waals surface area contributed by atoms with Crippen LogP contribution >= 0.6 is 0 Å². The first kappa shape index (κ1) is 14.4. The maximum absolute atomic E-state index is 6.50. The zero-order chi connectivity index (χ0) is 14.0. The van der Waals surface area contributed by atoms with Gasteiger partial charge in [0.1, 0.15) is 5.75 Å². The number of hydrogen-bond acceptors (Lipinski definition) is 3. The van der Waals surface area contributed by atoms with Crippen LogP contribution in [0.2, 0.25) is 0 Å². The van der Waals surface area contributed by atoms with E-state index in [4.69, 9.17) is 10.5 Å². The Morgan fingerprint density at radius 3 is 2.53 bits per heavy atom. The minimum absolute atomic E-state index is 0.114. The molecule has 1 atom stereocenters. The average molecular weight is 262 g/mol. The summed E-state index contributed by atoms with van der Waals surface area (Å²) < 4.78 is 5.44. The molecule has 1 saturated carbocycles. The zero-order valence-corrected chi connectivity index (χ0v) is 12.5. The van der Waals surface area contributed by atoms with Crippen LogP contribution in [0.15, 0.2) is 18.2 Å². The Morgan fingerprint density at radius 1 is 1.37 bits per heavy atom. The fraction of sp³-hybridized carbons (Fsp3) is 0.625. The van der Waals surface area contributed by atoms with E-state index in [0.717, 1.165) is 12.3 Å². The molecule has 0 spiro atoms. The van der Waals surface area contributed by atoms with Crippen LogP contribution in [-0.4, -0.2) is 20.7 Å². The van der Waals surface area contributed by atoms with Crippen molar-refractivity contribution >= 4 is 0 Å². The van der Waals surface area contributed by atoms with Gasteiger partial charge in [-0.2, -0.15) is 0 Å². The molecule has 0 bridgehead atoms. The van der Waals surface area contributed by atoms with Crippen LogP contribution in [0.25, 0.3) is 0 Å². The van der Waals surface area contributed by atoms with Crippen molar-refractivity contribution in [2.24, 2.45) is 11.1 Å². The molecule has 0 aliphatic heterocycles. The summed E-state index contributed by atoms with van der Waals surface area (Å²) >= 11 is 0. The number of benzene rings is 1. The van der Waals surface area contributed by atoms with Crippen molar-refractivity contribution in [1.82, 2.24) is 5.32 Å². The van der Waals surface area contributed by atoms with Crippen molar-refractivity contribution < 1.29 is 4.74 Å². The second-order valence-corrected chi connectivity index (χ2v) is 6.03. The van der Waals surface area contributed by atoms with Gasteiger partial charge in [0.2, 0.25) is 0 Å². The van der Waals surface area contributed by atoms with Crippen LogP contribution in [0.5, 0.6) is 5.75 Å². The van der Waals surface area contributed by atoms with E-state index < -0.39 is 0 Å². The van der Waals surface area contributed by atoms with Gasteiger partial charge in [-0.05, 0) is 43.0 Å². The minimum Gasteiger partial charge on any atom is -0.496 e. The summed E-state index contributed by atoms with van der Waals surface area (Å²) in [5, 5.41) is 3.28. The van der Waals surface area contributed by atoms with Gasteiger partial charge < -0.3 is 15.8 Å². The lowest BCUT2D eigenvalue weighted by Crippen LogP contribution is -2.31. The molecule has 2 rings (SSSR count). The number of ether oxygens (including phenoxy) is 1. The highest BCUT2D eigenvalue weighted by atomic mass is 16.5. The Hall–Kier alpha value is -1.06. The van der Waals surface area contributed by atoms with Gasteiger partial charge in [0.25, 0.3) is 0 Å². The van der Waals surface area contributed by atoms with E-state index in [0.29, 0.717) is 5.92 Å². The van der Waals surface area contributed by atoms with Gasteiger partial charge in [-0.1, -0.05) is 26.0 Å². The molecule has 106 valence electrons. The number of rotatable bonds is 6. The highest BCUT2D eigenvalue weighted by molar-refractivity contribution is 5.41. The van der Waals surface area contributed by atoms with Crippen LogP contribution in [0.3, 0.4) is 0 Å². The van der Waals surface area contributed by atoms with E-state index >= 15 is 0 Å². The Labute approximate surface area is 116 Å². The molecule has 1 aromatic carbocycles. The van der Waals surface area contributed by atoms with Crippen molar-refractivity contribution in [3.05, 3.63) is 29.3 Å². The van der Waals surface area contributed by atoms with E-state index in [9.17, 15) is 0 Å². The average Bonchev–Trinajstić information content (AvgIpc) is 3.18. The fourth-order valence-corrected chi connectivity index (χ4v) is 2.86. The fourth-order valence-electron chi connectivity index (χ4n) is 2.86. The maximum Gasteiger partial charge on any atom is 0.122 e. The number of nitrogens with one attached hydrogen (secondary N) is 1. The minimum atomic E-state index is 0.114. The lowest BCUT2D eigenvalue weighted by molar-refractivity contribution is 0.388. The molecule has 3 nitrogen and oxygen atoms in total. The third-order valence-corrected chi connectivity index (χ3v) is 4.32. The third kappa shape index (κ3) is 2.77. The first-order valence-corrected chi connectivity index (χ1v) is 7.12. The molecule has 0 saturated heterocycles. The summed E-state index contributed by atoms with van der Waals surface area (Å²) in [5.74, 6) is 1.41. The van der Waals surface area contributed by atoms with E-state index in [-0.39, 0.29) is 11.5 Å². The van der Waals surface area contributed by atoms with Crippen molar-refractivity contribution in [2.45, 2.75) is 38.6 Å². The summed E-state index contributed by atoms with van der Waals surface area (Å²) in [6.45, 7) is 5.37. The molecular weight excluding hydrogens is 236 g/mol. The second kappa shape index (κ2) is 5.51. The van der Waals surface area contributed by atoms with Crippen LogP contribution in [0.4, 0.5) is 0 Å². The molecule has 0 heterocycles. The van der Waals surface area contributed by atoms with Gasteiger partial charge in [-0.15, -0.1) is 0 Å². The van der Waals surface area contributed by atoms with Crippen LogP contribution in [0, 0.1) is 5.41 Å². The van der Waals surface area contributed by atoms with Gasteiger partial charge in [0, 0.05) is 18.0 Å². The topological polar surface area (TPSA) is 47.3 Å². The molecule has 1 fully saturated rings. The lowest BCUT2D eigenvalue weighted by atomic mass is 9.88. The Bertz CT molecular complexity index is 438. The number of hydrogen-bond donors (Lipinski definition) is 2. The van der Waals surface area contributed by atoms with Crippen molar-refractivity contribution in [3.63, 3.8) is 0 Å². The molecule has 1 unspecified atom stereocenters. The molecule has 1 aromatic rings. The predicted octanol–water partition coefficient (Wildman–Crippen LogP) is 2.82. The highest BCUT2D eigenvalue weighted by Crippen LogP contribution is 2.53. The van der Waals surface area contributed by atoms with E-state index in [1.807, 2.05) is 7.05 Å². The monoisotopic (exact) mass is 262 g/mol. The summed E-state index contributed by atoms with van der Waals surface area (Å²) in [4.78, 5) is 0. The highest BCUT2D eigenvalue weighted by Gasteiger charge is 2.47. The summed E-state index contributed by atoms with van der Waals surface area (Å²) in [6.07, 6.45) is 2.44. The Balaban J connectivity index is 2.28. The van der Waals surface area contributed by atoms with Crippen molar-refractivity contribution in [1.29, 1.82) is 0 Å². The summed E-state index contributed by atoms with van der Waals surface area (Å²) in [5.41, 5.74) is 9.24. The van der Waals surface area contributed by atoms with E-state index in [1.54, 1.807) is 7.11 Å². The summed E-state index contributed by atoms with van der Waals surface area (Å²) in [7, 11) is 3.73. The molecule has 0 radical (unpaired) electrons. The predicted molar refractivity (Wildman–Crippen MR) is 79.6 cm³/mol. The number of methoxy groups -OCH3 is 1. The molecule has 3 N–H and O–H groups in total. The van der Waals surface area contributed by atoms with Crippen molar-refractivity contribution in [2.75, 3.05) is 20.7 Å². The Kier molecular flexibility index (Phi) is 4.16. The molecule has 0 aromatic heterocycles. The van der Waals surface area contributed by atoms with E-state index in [1.165, 1.54) is 24.0 Å². The quantitative estimate of drug-likeness (QED) is 0.828. The van der Waals surface area contributed by atoms with Crippen LogP contribution < -0.4 is 15.8 Å². The van der Waals surface area contributed by atoms with Gasteiger partial charge in [-0.3, -0.25) is 0 Å². The maximum atomic E-state index is 6.50. The molecule has 1 aliphatic rings. The molecule has 3 heteroatoms. The van der Waals surface area contributed by atoms with Crippen LogP contribution in [0.1, 0.15) is 49.8 Å². The molecule has 0 amide bonds. The number of nitrogens with two attached hydrogens (primary N) is 1. The standard InChI is InChI=1S/C16H26N2O/c1-11(2)13-9-12(5-6-14(13)19-4)15(17)16(7-8-16)10-18-3/h5-6,9,11,15,18H,7-8,10,17H2,1-4H3. The Morgan fingerprint density at radius 2 is 2.05 bits per heavy atom. The van der Waals surface area contributed by atoms with Crippen molar-refractivity contribution in [3.8, 4) is 5.75 Å². The molecular formula is C16H26N2O. The third-order valence-electron chi connectivity index (χ3n) is 4.32. The van der Waals surface area contributed by atoms with Gasteiger partial charge in [0.05, 0.1) is 7.11 Å². The SMILES string of the molecule is CNCC1(C(N)c2ccc(OC)c(C(C)C)c2)CC1. The van der Waals surface area contributed by atoms with Gasteiger partial charge >= 0.3 is 0 Å². The normalized spacial score (nSPS) is 18.4. The second-order valence-electron chi connectivity index (χ2n) is 6.03. The lowest BCUT2D eigenvalue weighted by Gasteiger charge is -2.25. The largest absolute Gasteiger partial charge is 0.496 e. The molecule has 1 aliphatic carbocycles.